The summed E-state index contributed by atoms with van der Waals surface area (Å²) in [6, 6.07) is 15.2. The second-order valence-corrected chi connectivity index (χ2v) is 5.98. The molecule has 3 heteroatoms. The highest BCUT2D eigenvalue weighted by molar-refractivity contribution is 9.10. The number of halogens is 1. The summed E-state index contributed by atoms with van der Waals surface area (Å²) in [4.78, 5) is 0. The van der Waals surface area contributed by atoms with Crippen molar-refractivity contribution in [2.45, 2.75) is 25.4 Å². The maximum Gasteiger partial charge on any atom is 0.0329 e. The Balaban J connectivity index is 1.70. The van der Waals surface area contributed by atoms with Crippen molar-refractivity contribution in [1.82, 2.24) is 5.32 Å². The molecule has 1 aliphatic rings. The van der Waals surface area contributed by atoms with E-state index in [1.807, 2.05) is 6.07 Å². The van der Waals surface area contributed by atoms with Crippen LogP contribution >= 0.6 is 15.9 Å². The molecule has 2 aromatic rings. The zero-order chi connectivity index (χ0) is 13.2. The van der Waals surface area contributed by atoms with Gasteiger partial charge in [-0.25, -0.2) is 0 Å². The van der Waals surface area contributed by atoms with E-state index in [4.69, 9.17) is 5.73 Å². The third-order valence-corrected chi connectivity index (χ3v) is 4.18. The molecular weight excluding hydrogens is 300 g/mol. The lowest BCUT2D eigenvalue weighted by Crippen LogP contribution is -2.18. The van der Waals surface area contributed by atoms with Crippen molar-refractivity contribution in [1.29, 1.82) is 0 Å². The van der Waals surface area contributed by atoms with E-state index in [9.17, 15) is 0 Å². The Labute approximate surface area is 122 Å². The Morgan fingerprint density at radius 3 is 2.95 bits per heavy atom. The van der Waals surface area contributed by atoms with Crippen molar-refractivity contribution in [3.63, 3.8) is 0 Å². The summed E-state index contributed by atoms with van der Waals surface area (Å²) >= 11 is 3.51. The Hall–Kier alpha value is -1.32. The first-order valence-electron chi connectivity index (χ1n) is 6.58. The SMILES string of the molecule is Nc1ccc2c(c1)CCC2NCc1cccc(Br)c1. The van der Waals surface area contributed by atoms with E-state index >= 15 is 0 Å². The lowest BCUT2D eigenvalue weighted by atomic mass is 10.1. The molecule has 0 heterocycles. The minimum absolute atomic E-state index is 0.453. The van der Waals surface area contributed by atoms with Crippen LogP contribution in [0.4, 0.5) is 5.69 Å². The Bertz CT molecular complexity index is 595. The van der Waals surface area contributed by atoms with Crippen LogP contribution in [0.1, 0.15) is 29.2 Å². The van der Waals surface area contributed by atoms with Crippen molar-refractivity contribution < 1.29 is 0 Å². The first-order valence-corrected chi connectivity index (χ1v) is 7.38. The van der Waals surface area contributed by atoms with Crippen LogP contribution in [0.2, 0.25) is 0 Å². The molecule has 3 N–H and O–H groups in total. The van der Waals surface area contributed by atoms with Crippen LogP contribution in [0.3, 0.4) is 0 Å². The van der Waals surface area contributed by atoms with Crippen molar-refractivity contribution >= 4 is 21.6 Å². The maximum atomic E-state index is 5.83. The van der Waals surface area contributed by atoms with Gasteiger partial charge in [0.2, 0.25) is 0 Å². The molecule has 1 unspecified atom stereocenters. The largest absolute Gasteiger partial charge is 0.399 e. The molecule has 98 valence electrons. The van der Waals surface area contributed by atoms with Crippen LogP contribution in [0.5, 0.6) is 0 Å². The summed E-state index contributed by atoms with van der Waals surface area (Å²) in [7, 11) is 0. The van der Waals surface area contributed by atoms with Gasteiger partial charge < -0.3 is 11.1 Å². The number of fused-ring (bicyclic) bond motifs is 1. The van der Waals surface area contributed by atoms with E-state index in [-0.39, 0.29) is 0 Å². The normalized spacial score (nSPS) is 17.4. The predicted octanol–water partition coefficient (Wildman–Crippen LogP) is 3.81. The summed E-state index contributed by atoms with van der Waals surface area (Å²) in [5.41, 5.74) is 10.8. The zero-order valence-corrected chi connectivity index (χ0v) is 12.3. The Morgan fingerprint density at radius 2 is 2.11 bits per heavy atom. The van der Waals surface area contributed by atoms with E-state index in [0.29, 0.717) is 6.04 Å². The van der Waals surface area contributed by atoms with E-state index in [1.54, 1.807) is 0 Å². The molecule has 19 heavy (non-hydrogen) atoms. The summed E-state index contributed by atoms with van der Waals surface area (Å²) in [6.45, 7) is 0.897. The second kappa shape index (κ2) is 5.35. The number of aryl methyl sites for hydroxylation is 1. The van der Waals surface area contributed by atoms with E-state index in [1.165, 1.54) is 16.7 Å². The lowest BCUT2D eigenvalue weighted by Gasteiger charge is -2.14. The van der Waals surface area contributed by atoms with Gasteiger partial charge in [0.05, 0.1) is 0 Å². The van der Waals surface area contributed by atoms with Crippen LogP contribution in [-0.4, -0.2) is 0 Å². The molecule has 0 amide bonds. The minimum Gasteiger partial charge on any atom is -0.399 e. The summed E-state index contributed by atoms with van der Waals surface area (Å²) in [5.74, 6) is 0. The quantitative estimate of drug-likeness (QED) is 0.845. The molecule has 0 aromatic heterocycles. The molecule has 0 saturated carbocycles. The fourth-order valence-corrected chi connectivity index (χ4v) is 3.18. The first-order chi connectivity index (χ1) is 9.22. The number of nitrogens with two attached hydrogens (primary N) is 1. The molecule has 1 aliphatic carbocycles. The molecule has 0 aliphatic heterocycles. The molecule has 0 bridgehead atoms. The number of hydrogen-bond acceptors (Lipinski definition) is 2. The van der Waals surface area contributed by atoms with Gasteiger partial charge in [0.25, 0.3) is 0 Å². The smallest absolute Gasteiger partial charge is 0.0329 e. The van der Waals surface area contributed by atoms with Gasteiger partial charge in [0, 0.05) is 22.7 Å². The summed E-state index contributed by atoms with van der Waals surface area (Å²) in [6.07, 6.45) is 2.28. The fourth-order valence-electron chi connectivity index (χ4n) is 2.74. The Morgan fingerprint density at radius 1 is 1.21 bits per heavy atom. The number of nitrogens with one attached hydrogen (secondary N) is 1. The highest BCUT2D eigenvalue weighted by atomic mass is 79.9. The molecule has 0 saturated heterocycles. The molecule has 0 fully saturated rings. The number of benzene rings is 2. The van der Waals surface area contributed by atoms with Crippen LogP contribution < -0.4 is 11.1 Å². The van der Waals surface area contributed by atoms with Gasteiger partial charge >= 0.3 is 0 Å². The average Bonchev–Trinajstić information content (AvgIpc) is 2.78. The van der Waals surface area contributed by atoms with Gasteiger partial charge in [-0.1, -0.05) is 34.1 Å². The highest BCUT2D eigenvalue weighted by Crippen LogP contribution is 2.32. The highest BCUT2D eigenvalue weighted by Gasteiger charge is 2.21. The summed E-state index contributed by atoms with van der Waals surface area (Å²) in [5, 5.41) is 3.64. The van der Waals surface area contributed by atoms with Crippen LogP contribution in [0, 0.1) is 0 Å². The van der Waals surface area contributed by atoms with Crippen molar-refractivity contribution in [2.24, 2.45) is 0 Å². The minimum atomic E-state index is 0.453. The zero-order valence-electron chi connectivity index (χ0n) is 10.7. The van der Waals surface area contributed by atoms with Gasteiger partial charge in [-0.15, -0.1) is 0 Å². The monoisotopic (exact) mass is 316 g/mol. The molecule has 0 radical (unpaired) electrons. The molecule has 1 atom stereocenters. The van der Waals surface area contributed by atoms with Crippen LogP contribution in [-0.2, 0) is 13.0 Å². The third-order valence-electron chi connectivity index (χ3n) is 3.69. The van der Waals surface area contributed by atoms with Gasteiger partial charge in [0.1, 0.15) is 0 Å². The Kier molecular flexibility index (Phi) is 3.58. The lowest BCUT2D eigenvalue weighted by molar-refractivity contribution is 0.530. The van der Waals surface area contributed by atoms with Gasteiger partial charge in [-0.2, -0.15) is 0 Å². The van der Waals surface area contributed by atoms with E-state index in [0.717, 1.165) is 29.5 Å². The van der Waals surface area contributed by atoms with Crippen molar-refractivity contribution in [3.8, 4) is 0 Å². The van der Waals surface area contributed by atoms with Gasteiger partial charge in [0.15, 0.2) is 0 Å². The number of anilines is 1. The predicted molar refractivity (Wildman–Crippen MR) is 82.9 cm³/mol. The standard InChI is InChI=1S/C16H17BrN2/c17-13-3-1-2-11(8-13)10-19-16-7-4-12-9-14(18)5-6-15(12)16/h1-3,5-6,8-9,16,19H,4,7,10,18H2. The van der Waals surface area contributed by atoms with E-state index < -0.39 is 0 Å². The number of hydrogen-bond donors (Lipinski definition) is 2. The maximum absolute atomic E-state index is 5.83. The fraction of sp³-hybridized carbons (Fsp3) is 0.250. The van der Waals surface area contributed by atoms with Crippen LogP contribution in [0.15, 0.2) is 46.9 Å². The summed E-state index contributed by atoms with van der Waals surface area (Å²) < 4.78 is 1.13. The van der Waals surface area contributed by atoms with Crippen molar-refractivity contribution in [2.75, 3.05) is 5.73 Å². The second-order valence-electron chi connectivity index (χ2n) is 5.06. The topological polar surface area (TPSA) is 38.0 Å². The molecule has 2 aromatic carbocycles. The first kappa shape index (κ1) is 12.7. The van der Waals surface area contributed by atoms with Gasteiger partial charge in [-0.05, 0) is 53.8 Å². The van der Waals surface area contributed by atoms with E-state index in [2.05, 4.69) is 57.6 Å². The average molecular weight is 317 g/mol. The molecular formula is C16H17BrN2. The van der Waals surface area contributed by atoms with Crippen LogP contribution in [0.25, 0.3) is 0 Å². The number of nitrogen functional groups attached to an aromatic ring is 1. The number of rotatable bonds is 3. The molecule has 0 spiro atoms. The van der Waals surface area contributed by atoms with Gasteiger partial charge in [-0.3, -0.25) is 0 Å². The molecule has 2 nitrogen and oxygen atoms in total. The molecule has 3 rings (SSSR count). The van der Waals surface area contributed by atoms with Crippen molar-refractivity contribution in [3.05, 3.63) is 63.6 Å². The third kappa shape index (κ3) is 2.82.